The molecule has 1 heterocycles. The topological polar surface area (TPSA) is 30.5 Å². The van der Waals surface area contributed by atoms with E-state index >= 15 is 0 Å². The lowest BCUT2D eigenvalue weighted by Gasteiger charge is -2.23. The summed E-state index contributed by atoms with van der Waals surface area (Å²) in [4.78, 5) is 1.20. The maximum absolute atomic E-state index is 5.68. The number of ether oxygens (including phenoxy) is 2. The van der Waals surface area contributed by atoms with Crippen molar-refractivity contribution in [2.45, 2.75) is 17.9 Å². The van der Waals surface area contributed by atoms with Crippen molar-refractivity contribution in [2.75, 3.05) is 32.6 Å². The Balaban J connectivity index is 1.95. The summed E-state index contributed by atoms with van der Waals surface area (Å²) < 4.78 is 11.0. The van der Waals surface area contributed by atoms with Crippen LogP contribution in [-0.4, -0.2) is 38.7 Å². The van der Waals surface area contributed by atoms with E-state index in [1.54, 1.807) is 18.9 Å². The van der Waals surface area contributed by atoms with Gasteiger partial charge in [0, 0.05) is 23.7 Å². The van der Waals surface area contributed by atoms with Gasteiger partial charge in [-0.2, -0.15) is 0 Å². The number of nitrogens with one attached hydrogen (secondary N) is 1. The molecule has 17 heavy (non-hydrogen) atoms. The highest BCUT2D eigenvalue weighted by atomic mass is 32.2. The zero-order valence-electron chi connectivity index (χ0n) is 10.4. The highest BCUT2D eigenvalue weighted by Crippen LogP contribution is 2.30. The highest BCUT2D eigenvalue weighted by molar-refractivity contribution is 7.99. The molecule has 1 fully saturated rings. The molecule has 3 nitrogen and oxygen atoms in total. The van der Waals surface area contributed by atoms with Gasteiger partial charge in [-0.05, 0) is 24.6 Å². The molecule has 0 amide bonds. The molecule has 1 aromatic rings. The van der Waals surface area contributed by atoms with Crippen LogP contribution >= 0.6 is 11.8 Å². The summed E-state index contributed by atoms with van der Waals surface area (Å²) in [5.41, 5.74) is 1.26. The van der Waals surface area contributed by atoms with Crippen molar-refractivity contribution < 1.29 is 9.47 Å². The fraction of sp³-hybridized carbons (Fsp3) is 0.538. The number of hydrogen-bond acceptors (Lipinski definition) is 4. The predicted octanol–water partition coefficient (Wildman–Crippen LogP) is 2.08. The molecule has 0 saturated carbocycles. The summed E-state index contributed by atoms with van der Waals surface area (Å²) in [6.45, 7) is 4.83. The number of morpholine rings is 1. The second-order valence-corrected chi connectivity index (χ2v) is 5.22. The van der Waals surface area contributed by atoms with Gasteiger partial charge in [0.25, 0.3) is 0 Å². The minimum Gasteiger partial charge on any atom is -0.496 e. The van der Waals surface area contributed by atoms with Gasteiger partial charge in [0.05, 0.1) is 19.8 Å². The zero-order valence-corrected chi connectivity index (χ0v) is 11.2. The van der Waals surface area contributed by atoms with Crippen LogP contribution in [0.3, 0.4) is 0 Å². The smallest absolute Gasteiger partial charge is 0.132 e. The molecular formula is C13H19NO2S. The van der Waals surface area contributed by atoms with Crippen molar-refractivity contribution in [3.05, 3.63) is 23.8 Å². The Hall–Kier alpha value is -0.710. The molecule has 2 rings (SSSR count). The third-order valence-electron chi connectivity index (χ3n) is 2.75. The molecule has 1 aliphatic rings. The zero-order chi connectivity index (χ0) is 12.1. The molecule has 0 aromatic heterocycles. The standard InChI is InChI=1S/C13H19NO2S/c1-10-3-4-12(15-2)13(7-10)17-9-11-8-14-5-6-16-11/h3-4,7,11,14H,5-6,8-9H2,1-2H3. The van der Waals surface area contributed by atoms with Crippen LogP contribution < -0.4 is 10.1 Å². The number of hydrogen-bond donors (Lipinski definition) is 1. The van der Waals surface area contributed by atoms with E-state index in [1.807, 2.05) is 6.07 Å². The van der Waals surface area contributed by atoms with Crippen molar-refractivity contribution in [2.24, 2.45) is 0 Å². The summed E-state index contributed by atoms with van der Waals surface area (Å²) in [6.07, 6.45) is 0.305. The van der Waals surface area contributed by atoms with Crippen LogP contribution in [0.4, 0.5) is 0 Å². The van der Waals surface area contributed by atoms with E-state index in [0.29, 0.717) is 6.10 Å². The average Bonchev–Trinajstić information content (AvgIpc) is 2.38. The molecule has 1 aliphatic heterocycles. The van der Waals surface area contributed by atoms with E-state index in [2.05, 4.69) is 24.4 Å². The Morgan fingerprint density at radius 3 is 3.12 bits per heavy atom. The summed E-state index contributed by atoms with van der Waals surface area (Å²) in [6, 6.07) is 6.26. The lowest BCUT2D eigenvalue weighted by Crippen LogP contribution is -2.39. The summed E-state index contributed by atoms with van der Waals surface area (Å²) >= 11 is 1.80. The second kappa shape index (κ2) is 6.28. The minimum absolute atomic E-state index is 0.305. The van der Waals surface area contributed by atoms with Crippen molar-refractivity contribution in [1.29, 1.82) is 0 Å². The molecule has 0 radical (unpaired) electrons. The maximum atomic E-state index is 5.68. The van der Waals surface area contributed by atoms with Crippen molar-refractivity contribution >= 4 is 11.8 Å². The van der Waals surface area contributed by atoms with Crippen molar-refractivity contribution in [3.8, 4) is 5.75 Å². The lowest BCUT2D eigenvalue weighted by atomic mass is 10.2. The van der Waals surface area contributed by atoms with Crippen LogP contribution in [0, 0.1) is 6.92 Å². The quantitative estimate of drug-likeness (QED) is 0.832. The van der Waals surface area contributed by atoms with E-state index in [1.165, 1.54) is 10.5 Å². The summed E-state index contributed by atoms with van der Waals surface area (Å²) in [7, 11) is 1.72. The molecule has 1 atom stereocenters. The first-order chi connectivity index (χ1) is 8.29. The van der Waals surface area contributed by atoms with E-state index in [0.717, 1.165) is 31.2 Å². The van der Waals surface area contributed by atoms with Crippen LogP contribution in [-0.2, 0) is 4.74 Å². The number of thioether (sulfide) groups is 1. The Kier molecular flexibility index (Phi) is 4.71. The van der Waals surface area contributed by atoms with E-state index in [-0.39, 0.29) is 0 Å². The van der Waals surface area contributed by atoms with Gasteiger partial charge in [-0.1, -0.05) is 6.07 Å². The number of aryl methyl sites for hydroxylation is 1. The third kappa shape index (κ3) is 3.63. The first-order valence-corrected chi connectivity index (χ1v) is 6.88. The molecule has 1 unspecified atom stereocenters. The number of benzene rings is 1. The number of rotatable bonds is 4. The SMILES string of the molecule is COc1ccc(C)cc1SCC1CNCCO1. The minimum atomic E-state index is 0.305. The fourth-order valence-electron chi connectivity index (χ4n) is 1.81. The van der Waals surface area contributed by atoms with Gasteiger partial charge in [0.15, 0.2) is 0 Å². The van der Waals surface area contributed by atoms with Gasteiger partial charge in [0.1, 0.15) is 5.75 Å². The van der Waals surface area contributed by atoms with Crippen molar-refractivity contribution in [1.82, 2.24) is 5.32 Å². The van der Waals surface area contributed by atoms with E-state index in [9.17, 15) is 0 Å². The molecule has 0 bridgehead atoms. The lowest BCUT2D eigenvalue weighted by molar-refractivity contribution is 0.0441. The van der Waals surface area contributed by atoms with Crippen LogP contribution in [0.1, 0.15) is 5.56 Å². The van der Waals surface area contributed by atoms with Gasteiger partial charge in [-0.15, -0.1) is 11.8 Å². The maximum Gasteiger partial charge on any atom is 0.132 e. The third-order valence-corrected chi connectivity index (χ3v) is 3.92. The highest BCUT2D eigenvalue weighted by Gasteiger charge is 2.14. The molecule has 94 valence electrons. The molecule has 1 saturated heterocycles. The monoisotopic (exact) mass is 253 g/mol. The molecular weight excluding hydrogens is 234 g/mol. The Morgan fingerprint density at radius 1 is 1.53 bits per heavy atom. The molecule has 4 heteroatoms. The second-order valence-electron chi connectivity index (χ2n) is 4.16. The number of methoxy groups -OCH3 is 1. The molecule has 0 aliphatic carbocycles. The Morgan fingerprint density at radius 2 is 2.41 bits per heavy atom. The van der Waals surface area contributed by atoms with Crippen LogP contribution in [0.5, 0.6) is 5.75 Å². The Bertz CT molecular complexity index is 364. The van der Waals surface area contributed by atoms with Crippen LogP contribution in [0.25, 0.3) is 0 Å². The normalized spacial score (nSPS) is 20.2. The molecule has 1 aromatic carbocycles. The van der Waals surface area contributed by atoms with Gasteiger partial charge in [0.2, 0.25) is 0 Å². The largest absolute Gasteiger partial charge is 0.496 e. The van der Waals surface area contributed by atoms with Gasteiger partial charge < -0.3 is 14.8 Å². The van der Waals surface area contributed by atoms with Crippen molar-refractivity contribution in [3.63, 3.8) is 0 Å². The first-order valence-electron chi connectivity index (χ1n) is 5.89. The van der Waals surface area contributed by atoms with E-state index in [4.69, 9.17) is 9.47 Å². The van der Waals surface area contributed by atoms with E-state index < -0.39 is 0 Å². The van der Waals surface area contributed by atoms with Gasteiger partial charge in [-0.25, -0.2) is 0 Å². The van der Waals surface area contributed by atoms with Crippen LogP contribution in [0.2, 0.25) is 0 Å². The molecule has 0 spiro atoms. The van der Waals surface area contributed by atoms with Gasteiger partial charge >= 0.3 is 0 Å². The Labute approximate surface area is 107 Å². The van der Waals surface area contributed by atoms with Gasteiger partial charge in [-0.3, -0.25) is 0 Å². The van der Waals surface area contributed by atoms with Crippen LogP contribution in [0.15, 0.2) is 23.1 Å². The summed E-state index contributed by atoms with van der Waals surface area (Å²) in [5, 5.41) is 3.34. The average molecular weight is 253 g/mol. The summed E-state index contributed by atoms with van der Waals surface area (Å²) in [5.74, 6) is 1.91. The fourth-order valence-corrected chi connectivity index (χ4v) is 2.95. The first kappa shape index (κ1) is 12.7. The molecule has 1 N–H and O–H groups in total. The predicted molar refractivity (Wildman–Crippen MR) is 71.1 cm³/mol.